The lowest BCUT2D eigenvalue weighted by Gasteiger charge is -2.27. The Labute approximate surface area is 223 Å². The van der Waals surface area contributed by atoms with Crippen LogP contribution in [0.1, 0.15) is 46.9 Å². The zero-order chi connectivity index (χ0) is 28.3. The molecule has 0 atom stereocenters. The second-order valence-corrected chi connectivity index (χ2v) is 9.69. The van der Waals surface area contributed by atoms with E-state index in [9.17, 15) is 22.8 Å². The van der Waals surface area contributed by atoms with Crippen LogP contribution in [-0.4, -0.2) is 52.8 Å². The summed E-state index contributed by atoms with van der Waals surface area (Å²) in [5.41, 5.74) is 12.7. The van der Waals surface area contributed by atoms with E-state index in [-0.39, 0.29) is 41.6 Å². The number of hydrogen-bond donors (Lipinski definition) is 3. The summed E-state index contributed by atoms with van der Waals surface area (Å²) in [7, 11) is 0. The maximum absolute atomic E-state index is 13.8. The smallest absolute Gasteiger partial charge is 0.383 e. The van der Waals surface area contributed by atoms with E-state index in [0.29, 0.717) is 43.1 Å². The highest BCUT2D eigenvalue weighted by Crippen LogP contribution is 2.35. The fourth-order valence-corrected chi connectivity index (χ4v) is 4.51. The van der Waals surface area contributed by atoms with E-state index in [2.05, 4.69) is 10.4 Å². The van der Waals surface area contributed by atoms with E-state index < -0.39 is 23.6 Å². The number of hydrogen-bond acceptors (Lipinski definition) is 6. The SMILES string of the molecule is CC(C)n1nc(-c2ccc(CC(=O)Nc3ccc(CN4CCOCC4)c(C(F)(F)F)c3)cc2)c(C(N)=O)c1N. The van der Waals surface area contributed by atoms with Crippen molar-refractivity contribution < 1.29 is 27.5 Å². The zero-order valence-corrected chi connectivity index (χ0v) is 21.7. The monoisotopic (exact) mass is 544 g/mol. The number of nitrogens with two attached hydrogens (primary N) is 2. The summed E-state index contributed by atoms with van der Waals surface area (Å²) >= 11 is 0. The molecule has 3 aromatic rings. The third-order valence-corrected chi connectivity index (χ3v) is 6.47. The van der Waals surface area contributed by atoms with Gasteiger partial charge in [0.05, 0.1) is 25.2 Å². The van der Waals surface area contributed by atoms with Gasteiger partial charge in [-0.15, -0.1) is 0 Å². The van der Waals surface area contributed by atoms with Crippen molar-refractivity contribution in [2.45, 2.75) is 39.0 Å². The van der Waals surface area contributed by atoms with Gasteiger partial charge in [0, 0.05) is 36.9 Å². The highest BCUT2D eigenvalue weighted by molar-refractivity contribution is 6.03. The predicted molar refractivity (Wildman–Crippen MR) is 141 cm³/mol. The van der Waals surface area contributed by atoms with E-state index in [1.165, 1.54) is 16.8 Å². The molecule has 4 rings (SSSR count). The number of anilines is 2. The number of ether oxygens (including phenoxy) is 1. The molecule has 39 heavy (non-hydrogen) atoms. The van der Waals surface area contributed by atoms with E-state index >= 15 is 0 Å². The molecule has 208 valence electrons. The molecule has 1 saturated heterocycles. The first-order valence-corrected chi connectivity index (χ1v) is 12.5. The summed E-state index contributed by atoms with van der Waals surface area (Å²) in [6.07, 6.45) is -4.63. The molecule has 0 radical (unpaired) electrons. The second kappa shape index (κ2) is 11.5. The lowest BCUT2D eigenvalue weighted by Crippen LogP contribution is -2.36. The topological polar surface area (TPSA) is 128 Å². The van der Waals surface area contributed by atoms with Gasteiger partial charge in [-0.3, -0.25) is 14.5 Å². The highest BCUT2D eigenvalue weighted by atomic mass is 19.4. The summed E-state index contributed by atoms with van der Waals surface area (Å²) < 4.78 is 48.2. The van der Waals surface area contributed by atoms with Crippen LogP contribution < -0.4 is 16.8 Å². The lowest BCUT2D eigenvalue weighted by molar-refractivity contribution is -0.138. The van der Waals surface area contributed by atoms with Crippen LogP contribution in [0.4, 0.5) is 24.7 Å². The number of rotatable bonds is 8. The molecule has 2 amide bonds. The predicted octanol–water partition coefficient (Wildman–Crippen LogP) is 3.84. The van der Waals surface area contributed by atoms with E-state index in [1.54, 1.807) is 24.3 Å². The summed E-state index contributed by atoms with van der Waals surface area (Å²) in [6.45, 7) is 5.98. The van der Waals surface area contributed by atoms with Gasteiger partial charge < -0.3 is 21.5 Å². The molecule has 0 saturated carbocycles. The van der Waals surface area contributed by atoms with Gasteiger partial charge in [0.2, 0.25) is 5.91 Å². The maximum Gasteiger partial charge on any atom is 0.416 e. The van der Waals surface area contributed by atoms with Crippen LogP contribution in [0.3, 0.4) is 0 Å². The third-order valence-electron chi connectivity index (χ3n) is 6.47. The Kier molecular flexibility index (Phi) is 8.26. The minimum absolute atomic E-state index is 0.0653. The second-order valence-electron chi connectivity index (χ2n) is 9.69. The number of aromatic nitrogens is 2. The van der Waals surface area contributed by atoms with Crippen LogP contribution in [0.25, 0.3) is 11.3 Å². The third kappa shape index (κ3) is 6.58. The van der Waals surface area contributed by atoms with Crippen molar-refractivity contribution in [3.63, 3.8) is 0 Å². The molecule has 0 unspecified atom stereocenters. The van der Waals surface area contributed by atoms with Crippen molar-refractivity contribution in [3.05, 3.63) is 64.7 Å². The van der Waals surface area contributed by atoms with Crippen LogP contribution in [0, 0.1) is 0 Å². The van der Waals surface area contributed by atoms with Crippen molar-refractivity contribution in [2.24, 2.45) is 5.73 Å². The average molecular weight is 545 g/mol. The van der Waals surface area contributed by atoms with Crippen LogP contribution in [-0.2, 0) is 28.7 Å². The number of carbonyl (C=O) groups is 2. The van der Waals surface area contributed by atoms with Gasteiger partial charge in [-0.05, 0) is 37.1 Å². The fourth-order valence-electron chi connectivity index (χ4n) is 4.51. The number of halogens is 3. The Morgan fingerprint density at radius 2 is 1.77 bits per heavy atom. The standard InChI is InChI=1S/C27H31F3N6O3/c1-16(2)36-25(31)23(26(32)38)24(34-36)18-5-3-17(4-6-18)13-22(37)33-20-8-7-19(21(14-20)27(28,29)30)15-35-9-11-39-12-10-35/h3-8,14,16H,9-13,15,31H2,1-2H3,(H2,32,38)(H,33,37). The molecular formula is C27H31F3N6O3. The molecule has 9 nitrogen and oxygen atoms in total. The van der Waals surface area contributed by atoms with E-state index in [4.69, 9.17) is 16.2 Å². The number of morpholine rings is 1. The van der Waals surface area contributed by atoms with Crippen molar-refractivity contribution >= 4 is 23.3 Å². The summed E-state index contributed by atoms with van der Waals surface area (Å²) in [4.78, 5) is 26.6. The number of alkyl halides is 3. The Morgan fingerprint density at radius 3 is 2.36 bits per heavy atom. The molecule has 2 heterocycles. The average Bonchev–Trinajstić information content (AvgIpc) is 3.23. The molecule has 2 aromatic carbocycles. The Morgan fingerprint density at radius 1 is 1.10 bits per heavy atom. The number of amides is 2. The van der Waals surface area contributed by atoms with Gasteiger partial charge in [-0.2, -0.15) is 18.3 Å². The highest BCUT2D eigenvalue weighted by Gasteiger charge is 2.34. The molecule has 1 aromatic heterocycles. The first kappa shape index (κ1) is 28.1. The molecule has 1 fully saturated rings. The van der Waals surface area contributed by atoms with Crippen molar-refractivity contribution in [1.82, 2.24) is 14.7 Å². The molecule has 1 aliphatic rings. The zero-order valence-electron chi connectivity index (χ0n) is 21.7. The van der Waals surface area contributed by atoms with Gasteiger partial charge in [0.1, 0.15) is 17.1 Å². The van der Waals surface area contributed by atoms with Gasteiger partial charge in [-0.25, -0.2) is 4.68 Å². The largest absolute Gasteiger partial charge is 0.416 e. The summed E-state index contributed by atoms with van der Waals surface area (Å²) in [5, 5.41) is 6.99. The lowest BCUT2D eigenvalue weighted by atomic mass is 10.0. The molecule has 0 spiro atoms. The Balaban J connectivity index is 1.47. The Hall–Kier alpha value is -3.90. The van der Waals surface area contributed by atoms with Crippen LogP contribution in [0.2, 0.25) is 0 Å². The van der Waals surface area contributed by atoms with Crippen molar-refractivity contribution in [2.75, 3.05) is 37.4 Å². The maximum atomic E-state index is 13.8. The molecule has 0 bridgehead atoms. The quantitative estimate of drug-likeness (QED) is 0.395. The Bertz CT molecular complexity index is 1350. The first-order valence-electron chi connectivity index (χ1n) is 12.5. The normalized spacial score (nSPS) is 14.5. The van der Waals surface area contributed by atoms with E-state index in [1.807, 2.05) is 18.7 Å². The van der Waals surface area contributed by atoms with Crippen LogP contribution in [0.15, 0.2) is 42.5 Å². The number of nitrogen functional groups attached to an aromatic ring is 1. The molecule has 1 aliphatic heterocycles. The van der Waals surface area contributed by atoms with Crippen LogP contribution >= 0.6 is 0 Å². The van der Waals surface area contributed by atoms with Gasteiger partial charge in [0.15, 0.2) is 0 Å². The number of carbonyl (C=O) groups excluding carboxylic acids is 2. The number of nitrogens with zero attached hydrogens (tertiary/aromatic N) is 3. The molecule has 0 aliphatic carbocycles. The number of nitrogens with one attached hydrogen (secondary N) is 1. The van der Waals surface area contributed by atoms with Crippen LogP contribution in [0.5, 0.6) is 0 Å². The minimum atomic E-state index is -4.56. The summed E-state index contributed by atoms with van der Waals surface area (Å²) in [5.74, 6) is -1.000. The summed E-state index contributed by atoms with van der Waals surface area (Å²) in [6, 6.07) is 10.5. The van der Waals surface area contributed by atoms with Gasteiger partial charge in [0.25, 0.3) is 5.91 Å². The first-order chi connectivity index (χ1) is 18.4. The van der Waals surface area contributed by atoms with Gasteiger partial charge >= 0.3 is 6.18 Å². The minimum Gasteiger partial charge on any atom is -0.383 e. The van der Waals surface area contributed by atoms with E-state index in [0.717, 1.165) is 6.07 Å². The fraction of sp³-hybridized carbons (Fsp3) is 0.370. The van der Waals surface area contributed by atoms with Crippen molar-refractivity contribution in [1.29, 1.82) is 0 Å². The van der Waals surface area contributed by atoms with Crippen molar-refractivity contribution in [3.8, 4) is 11.3 Å². The molecule has 12 heteroatoms. The number of primary amides is 1. The molecular weight excluding hydrogens is 513 g/mol. The molecule has 5 N–H and O–H groups in total. The van der Waals surface area contributed by atoms with Gasteiger partial charge in [-0.1, -0.05) is 30.3 Å². The number of benzene rings is 2.